The topological polar surface area (TPSA) is 64.6 Å². The molecule has 1 aliphatic rings. The molecule has 1 aliphatic heterocycles. The van der Waals surface area contributed by atoms with Crippen molar-refractivity contribution in [3.8, 4) is 11.5 Å². The molecule has 0 bridgehead atoms. The van der Waals surface area contributed by atoms with E-state index in [0.717, 1.165) is 5.39 Å². The van der Waals surface area contributed by atoms with Crippen molar-refractivity contribution >= 4 is 34.2 Å². The Morgan fingerprint density at radius 1 is 1.14 bits per heavy atom. The molecule has 3 aromatic rings. The molecule has 7 heteroatoms. The van der Waals surface area contributed by atoms with E-state index in [1.54, 1.807) is 30.3 Å². The monoisotopic (exact) mass is 395 g/mol. The summed E-state index contributed by atoms with van der Waals surface area (Å²) < 4.78 is 35.5. The van der Waals surface area contributed by atoms with Crippen LogP contribution in [0, 0.1) is 0 Å². The lowest BCUT2D eigenvalue weighted by atomic mass is 10.0. The summed E-state index contributed by atoms with van der Waals surface area (Å²) in [6.07, 6.45) is 2.74. The second-order valence-electron chi connectivity index (χ2n) is 6.32. The molecular formula is C22H15F2NO4. The van der Waals surface area contributed by atoms with Crippen molar-refractivity contribution in [3.05, 3.63) is 71.8 Å². The third-order valence-electron chi connectivity index (χ3n) is 4.45. The molecule has 0 unspecified atom stereocenters. The predicted molar refractivity (Wildman–Crippen MR) is 105 cm³/mol. The number of halogens is 2. The van der Waals surface area contributed by atoms with Gasteiger partial charge in [-0.1, -0.05) is 30.3 Å². The third kappa shape index (κ3) is 3.94. The van der Waals surface area contributed by atoms with Crippen molar-refractivity contribution in [1.29, 1.82) is 0 Å². The summed E-state index contributed by atoms with van der Waals surface area (Å²) in [7, 11) is 0. The third-order valence-corrected chi connectivity index (χ3v) is 4.45. The Kier molecular flexibility index (Phi) is 4.95. The van der Waals surface area contributed by atoms with Gasteiger partial charge in [0, 0.05) is 11.1 Å². The van der Waals surface area contributed by atoms with Gasteiger partial charge < -0.3 is 14.8 Å². The normalized spacial score (nSPS) is 13.3. The first kappa shape index (κ1) is 18.6. The summed E-state index contributed by atoms with van der Waals surface area (Å²) in [6.45, 7) is -3.06. The molecule has 29 heavy (non-hydrogen) atoms. The van der Waals surface area contributed by atoms with Crippen LogP contribution in [0.5, 0.6) is 11.5 Å². The molecule has 0 fully saturated rings. The first-order chi connectivity index (χ1) is 14.0. The van der Waals surface area contributed by atoms with Crippen molar-refractivity contribution in [3.63, 3.8) is 0 Å². The highest BCUT2D eigenvalue weighted by Crippen LogP contribution is 2.31. The number of hydrogen-bond acceptors (Lipinski definition) is 4. The van der Waals surface area contributed by atoms with E-state index < -0.39 is 6.61 Å². The molecule has 0 atom stereocenters. The van der Waals surface area contributed by atoms with Crippen LogP contribution in [0.15, 0.2) is 60.7 Å². The van der Waals surface area contributed by atoms with Crippen LogP contribution in [0.1, 0.15) is 15.9 Å². The number of carbonyl (C=O) groups is 2. The fraction of sp³-hybridized carbons (Fsp3) is 0.0909. The van der Waals surface area contributed by atoms with Crippen LogP contribution in [0.2, 0.25) is 0 Å². The number of benzene rings is 3. The molecule has 0 saturated heterocycles. The molecular weight excluding hydrogens is 380 g/mol. The van der Waals surface area contributed by atoms with Gasteiger partial charge >= 0.3 is 6.61 Å². The molecule has 0 radical (unpaired) electrons. The van der Waals surface area contributed by atoms with E-state index in [9.17, 15) is 18.4 Å². The Labute approximate surface area is 164 Å². The average molecular weight is 395 g/mol. The Morgan fingerprint density at radius 3 is 2.79 bits per heavy atom. The second kappa shape index (κ2) is 7.71. The molecule has 1 N–H and O–H groups in total. The predicted octanol–water partition coefficient (Wildman–Crippen LogP) is 4.67. The van der Waals surface area contributed by atoms with E-state index in [2.05, 4.69) is 10.1 Å². The lowest BCUT2D eigenvalue weighted by Gasteiger charge is -2.18. The number of nitrogens with one attached hydrogen (secondary N) is 1. The lowest BCUT2D eigenvalue weighted by Crippen LogP contribution is -2.25. The van der Waals surface area contributed by atoms with Crippen molar-refractivity contribution in [1.82, 2.24) is 0 Å². The van der Waals surface area contributed by atoms with Crippen LogP contribution in [0.4, 0.5) is 14.5 Å². The van der Waals surface area contributed by atoms with Crippen LogP contribution in [-0.2, 0) is 4.79 Å². The van der Waals surface area contributed by atoms with Crippen molar-refractivity contribution < 1.29 is 27.8 Å². The molecule has 1 amide bonds. The van der Waals surface area contributed by atoms with E-state index in [-0.39, 0.29) is 24.0 Å². The van der Waals surface area contributed by atoms with Crippen LogP contribution < -0.4 is 14.8 Å². The number of anilines is 1. The number of amides is 1. The van der Waals surface area contributed by atoms with Crippen LogP contribution in [-0.4, -0.2) is 24.9 Å². The molecule has 146 valence electrons. The van der Waals surface area contributed by atoms with E-state index >= 15 is 0 Å². The largest absolute Gasteiger partial charge is 0.482 e. The first-order valence-electron chi connectivity index (χ1n) is 8.77. The zero-order valence-corrected chi connectivity index (χ0v) is 15.0. The molecule has 0 aliphatic carbocycles. The minimum atomic E-state index is -2.98. The molecule has 0 aromatic heterocycles. The van der Waals surface area contributed by atoms with Crippen LogP contribution in [0.3, 0.4) is 0 Å². The maximum Gasteiger partial charge on any atom is 0.387 e. The van der Waals surface area contributed by atoms with Crippen molar-refractivity contribution in [2.75, 3.05) is 11.9 Å². The van der Waals surface area contributed by atoms with Gasteiger partial charge in [-0.2, -0.15) is 8.78 Å². The van der Waals surface area contributed by atoms with Gasteiger partial charge in [0.05, 0.1) is 5.69 Å². The van der Waals surface area contributed by atoms with Gasteiger partial charge in [-0.05, 0) is 47.2 Å². The van der Waals surface area contributed by atoms with Gasteiger partial charge in [-0.3, -0.25) is 9.59 Å². The maximum atomic E-state index is 12.8. The van der Waals surface area contributed by atoms with Gasteiger partial charge in [0.15, 0.2) is 12.4 Å². The number of alkyl halides is 2. The fourth-order valence-electron chi connectivity index (χ4n) is 3.14. The molecule has 1 heterocycles. The van der Waals surface area contributed by atoms with Crippen LogP contribution >= 0.6 is 0 Å². The molecule has 3 aromatic carbocycles. The SMILES string of the molecule is O=C1COc2ccc(C(=O)/C=C/c3c(OC(F)F)ccc4ccccc34)cc2N1. The number of ether oxygens (including phenoxy) is 2. The van der Waals surface area contributed by atoms with Crippen LogP contribution in [0.25, 0.3) is 16.8 Å². The van der Waals surface area contributed by atoms with E-state index in [1.807, 2.05) is 12.1 Å². The summed E-state index contributed by atoms with van der Waals surface area (Å²) >= 11 is 0. The highest BCUT2D eigenvalue weighted by Gasteiger charge is 2.17. The number of ketones is 1. The number of fused-ring (bicyclic) bond motifs is 2. The quantitative estimate of drug-likeness (QED) is 0.504. The first-order valence-corrected chi connectivity index (χ1v) is 8.77. The Bertz CT molecular complexity index is 1140. The van der Waals surface area contributed by atoms with E-state index in [1.165, 1.54) is 24.3 Å². The zero-order chi connectivity index (χ0) is 20.4. The number of rotatable bonds is 5. The standard InChI is InChI=1S/C22H15F2NO4/c23-22(24)29-19-9-5-13-3-1-2-4-15(13)16(19)7-8-18(26)14-6-10-20-17(11-14)25-21(27)12-28-20/h1-11,22H,12H2,(H,25,27)/b8-7+. The second-order valence-corrected chi connectivity index (χ2v) is 6.32. The summed E-state index contributed by atoms with van der Waals surface area (Å²) in [4.78, 5) is 24.1. The Hall–Kier alpha value is -3.74. The zero-order valence-electron chi connectivity index (χ0n) is 15.0. The van der Waals surface area contributed by atoms with Crippen molar-refractivity contribution in [2.24, 2.45) is 0 Å². The van der Waals surface area contributed by atoms with Gasteiger partial charge in [0.1, 0.15) is 11.5 Å². The summed E-state index contributed by atoms with van der Waals surface area (Å²) in [5.74, 6) is -0.202. The molecule has 0 spiro atoms. The lowest BCUT2D eigenvalue weighted by molar-refractivity contribution is -0.118. The van der Waals surface area contributed by atoms with E-state index in [4.69, 9.17) is 4.74 Å². The molecule has 4 rings (SSSR count). The molecule has 0 saturated carbocycles. The number of allylic oxidation sites excluding steroid dienone is 1. The van der Waals surface area contributed by atoms with E-state index in [0.29, 0.717) is 28.0 Å². The van der Waals surface area contributed by atoms with Gasteiger partial charge in [0.25, 0.3) is 5.91 Å². The molecule has 5 nitrogen and oxygen atoms in total. The Balaban J connectivity index is 1.68. The minimum absolute atomic E-state index is 0.0196. The van der Waals surface area contributed by atoms with Gasteiger partial charge in [-0.25, -0.2) is 0 Å². The minimum Gasteiger partial charge on any atom is -0.482 e. The van der Waals surface area contributed by atoms with Gasteiger partial charge in [0.2, 0.25) is 0 Å². The number of carbonyl (C=O) groups excluding carboxylic acids is 2. The highest BCUT2D eigenvalue weighted by molar-refractivity contribution is 6.09. The Morgan fingerprint density at radius 2 is 1.97 bits per heavy atom. The summed E-state index contributed by atoms with van der Waals surface area (Å²) in [5, 5.41) is 4.15. The smallest absolute Gasteiger partial charge is 0.387 e. The average Bonchev–Trinajstić information content (AvgIpc) is 2.71. The highest BCUT2D eigenvalue weighted by atomic mass is 19.3. The summed E-state index contributed by atoms with van der Waals surface area (Å²) in [6, 6.07) is 15.0. The summed E-state index contributed by atoms with van der Waals surface area (Å²) in [5.41, 5.74) is 1.11. The fourth-order valence-corrected chi connectivity index (χ4v) is 3.14. The maximum absolute atomic E-state index is 12.8. The van der Waals surface area contributed by atoms with Crippen molar-refractivity contribution in [2.45, 2.75) is 6.61 Å². The van der Waals surface area contributed by atoms with Gasteiger partial charge in [-0.15, -0.1) is 0 Å². The number of hydrogen-bond donors (Lipinski definition) is 1.